The van der Waals surface area contributed by atoms with E-state index in [2.05, 4.69) is 41.0 Å². The van der Waals surface area contributed by atoms with E-state index in [1.165, 1.54) is 12.3 Å². The van der Waals surface area contributed by atoms with Crippen LogP contribution in [0.5, 0.6) is 0 Å². The molecule has 1 heteroatoms. The van der Waals surface area contributed by atoms with E-state index < -0.39 is 7.26 Å². The highest BCUT2D eigenvalue weighted by atomic mass is 31.2. The van der Waals surface area contributed by atoms with Gasteiger partial charge in [0, 0.05) is 31.4 Å². The van der Waals surface area contributed by atoms with Gasteiger partial charge in [-0.2, -0.15) is 0 Å². The van der Waals surface area contributed by atoms with Crippen molar-refractivity contribution in [3.63, 3.8) is 0 Å². The van der Waals surface area contributed by atoms with Crippen molar-refractivity contribution >= 4 is 7.26 Å². The van der Waals surface area contributed by atoms with Gasteiger partial charge in [-0.15, -0.1) is 0 Å². The molecule has 0 aromatic rings. The summed E-state index contributed by atoms with van der Waals surface area (Å²) in [5.74, 6) is 0. The summed E-state index contributed by atoms with van der Waals surface area (Å²) in [6, 6.07) is 0. The first-order valence-corrected chi connectivity index (χ1v) is 7.54. The first-order chi connectivity index (χ1) is 4.66. The van der Waals surface area contributed by atoms with Gasteiger partial charge in [-0.1, -0.05) is 27.7 Å². The molecule has 0 unspecified atom stereocenters. The van der Waals surface area contributed by atoms with Crippen molar-refractivity contribution < 1.29 is 0 Å². The molecule has 1 aliphatic rings. The van der Waals surface area contributed by atoms with Gasteiger partial charge in [-0.3, -0.25) is 0 Å². The number of hydrogen-bond donors (Lipinski definition) is 0. The van der Waals surface area contributed by atoms with Gasteiger partial charge in [-0.25, -0.2) is 0 Å². The van der Waals surface area contributed by atoms with Gasteiger partial charge in [0.05, 0.1) is 12.3 Å². The van der Waals surface area contributed by atoms with Crippen LogP contribution < -0.4 is 0 Å². The van der Waals surface area contributed by atoms with Crippen LogP contribution in [0.1, 0.15) is 27.7 Å². The highest BCUT2D eigenvalue weighted by molar-refractivity contribution is 7.74. The third-order valence-corrected chi connectivity index (χ3v) is 6.77. The molecule has 0 amide bonds. The van der Waals surface area contributed by atoms with Gasteiger partial charge in [0.25, 0.3) is 0 Å². The highest BCUT2D eigenvalue weighted by Crippen LogP contribution is 2.69. The molecule has 1 heterocycles. The average molecular weight is 173 g/mol. The third kappa shape index (κ3) is 1.61. The summed E-state index contributed by atoms with van der Waals surface area (Å²) in [4.78, 5) is 0. The van der Waals surface area contributed by atoms with E-state index in [0.717, 1.165) is 0 Å². The van der Waals surface area contributed by atoms with Gasteiger partial charge in [-0.05, 0) is 0 Å². The molecule has 1 rings (SSSR count). The van der Waals surface area contributed by atoms with Crippen molar-refractivity contribution in [2.75, 3.05) is 25.7 Å². The summed E-state index contributed by atoms with van der Waals surface area (Å²) in [5, 5.41) is 0. The van der Waals surface area contributed by atoms with Crippen LogP contribution in [-0.4, -0.2) is 25.7 Å². The van der Waals surface area contributed by atoms with Crippen molar-refractivity contribution in [2.24, 2.45) is 10.8 Å². The maximum Gasteiger partial charge on any atom is 0.0646 e. The maximum atomic E-state index is 2.50. The molecule has 0 bridgehead atoms. The Balaban J connectivity index is 2.89. The largest absolute Gasteiger partial charge is 0.0646 e. The fraction of sp³-hybridized carbons (Fsp3) is 1.00. The second-order valence-electron chi connectivity index (χ2n) is 6.02. The van der Waals surface area contributed by atoms with Crippen LogP contribution in [0.25, 0.3) is 0 Å². The van der Waals surface area contributed by atoms with Crippen LogP contribution in [0.2, 0.25) is 0 Å². The molecule has 66 valence electrons. The molecule has 1 fully saturated rings. The van der Waals surface area contributed by atoms with Crippen LogP contribution in [0, 0.1) is 10.8 Å². The molecule has 1 aliphatic heterocycles. The Labute approximate surface area is 72.1 Å². The second kappa shape index (κ2) is 2.22. The molecule has 0 radical (unpaired) electrons. The standard InChI is InChI=1S/C10H22P/c1-9(2)7-11(5,6)8-10(9,3)4/h7-8H2,1-6H3/q+1. The lowest BCUT2D eigenvalue weighted by Crippen LogP contribution is -2.30. The molecule has 0 atom stereocenters. The average Bonchev–Trinajstić information content (AvgIpc) is 1.66. The zero-order chi connectivity index (χ0) is 8.91. The molecular weight excluding hydrogens is 151 g/mol. The lowest BCUT2D eigenvalue weighted by atomic mass is 9.71. The van der Waals surface area contributed by atoms with E-state index in [9.17, 15) is 0 Å². The minimum Gasteiger partial charge on any atom is -0.0558 e. The summed E-state index contributed by atoms with van der Waals surface area (Å²) in [7, 11) is -0.536. The van der Waals surface area contributed by atoms with Crippen LogP contribution in [0.4, 0.5) is 0 Å². The summed E-state index contributed by atoms with van der Waals surface area (Å²) < 4.78 is 0. The zero-order valence-electron chi connectivity index (χ0n) is 8.86. The topological polar surface area (TPSA) is 0 Å². The number of rotatable bonds is 0. The first-order valence-electron chi connectivity index (χ1n) is 4.48. The Morgan fingerprint density at radius 3 is 1.18 bits per heavy atom. The highest BCUT2D eigenvalue weighted by Gasteiger charge is 2.54. The Bertz CT molecular complexity index is 148. The monoisotopic (exact) mass is 173 g/mol. The lowest BCUT2D eigenvalue weighted by Gasteiger charge is -2.30. The van der Waals surface area contributed by atoms with E-state index in [1.807, 2.05) is 0 Å². The molecule has 0 aliphatic carbocycles. The summed E-state index contributed by atoms with van der Waals surface area (Å²) >= 11 is 0. The first kappa shape index (κ1) is 9.52. The predicted molar refractivity (Wildman–Crippen MR) is 56.1 cm³/mol. The van der Waals surface area contributed by atoms with E-state index in [-0.39, 0.29) is 0 Å². The Morgan fingerprint density at radius 2 is 1.09 bits per heavy atom. The molecule has 0 spiro atoms. The van der Waals surface area contributed by atoms with E-state index in [0.29, 0.717) is 10.8 Å². The number of hydrogen-bond acceptors (Lipinski definition) is 0. The fourth-order valence-electron chi connectivity index (χ4n) is 2.62. The zero-order valence-corrected chi connectivity index (χ0v) is 9.76. The molecule has 0 aromatic heterocycles. The van der Waals surface area contributed by atoms with Crippen molar-refractivity contribution in [1.82, 2.24) is 0 Å². The second-order valence-corrected chi connectivity index (χ2v) is 10.5. The Morgan fingerprint density at radius 1 is 0.818 bits per heavy atom. The molecule has 1 saturated heterocycles. The molecule has 0 saturated carbocycles. The van der Waals surface area contributed by atoms with Crippen molar-refractivity contribution in [1.29, 1.82) is 0 Å². The van der Waals surface area contributed by atoms with E-state index >= 15 is 0 Å². The summed E-state index contributed by atoms with van der Waals surface area (Å²) in [6.07, 6.45) is 2.96. The minimum absolute atomic E-state index is 0.536. The van der Waals surface area contributed by atoms with Gasteiger partial charge >= 0.3 is 0 Å². The Hall–Kier alpha value is 0.430. The Kier molecular flexibility index (Phi) is 1.92. The predicted octanol–water partition coefficient (Wildman–Crippen LogP) is 3.33. The van der Waals surface area contributed by atoms with Crippen molar-refractivity contribution in [3.05, 3.63) is 0 Å². The molecule has 11 heavy (non-hydrogen) atoms. The van der Waals surface area contributed by atoms with Gasteiger partial charge < -0.3 is 0 Å². The molecule has 0 aromatic carbocycles. The van der Waals surface area contributed by atoms with Gasteiger partial charge in [0.2, 0.25) is 0 Å². The SMILES string of the molecule is CC1(C)C[P+](C)(C)CC1(C)C. The van der Waals surface area contributed by atoms with Crippen LogP contribution in [-0.2, 0) is 0 Å². The van der Waals surface area contributed by atoms with Crippen LogP contribution >= 0.6 is 7.26 Å². The maximum absolute atomic E-state index is 2.50. The molecular formula is C10H22P+. The summed E-state index contributed by atoms with van der Waals surface area (Å²) in [6.45, 7) is 14.7. The van der Waals surface area contributed by atoms with Crippen molar-refractivity contribution in [3.8, 4) is 0 Å². The molecule has 0 nitrogen and oxygen atoms in total. The lowest BCUT2D eigenvalue weighted by molar-refractivity contribution is 0.184. The minimum atomic E-state index is -0.536. The quantitative estimate of drug-likeness (QED) is 0.493. The fourth-order valence-corrected chi connectivity index (χ4v) is 7.87. The van der Waals surface area contributed by atoms with Gasteiger partial charge in [0.1, 0.15) is 0 Å². The normalized spacial score (nSPS) is 32.2. The third-order valence-electron chi connectivity index (χ3n) is 3.48. The van der Waals surface area contributed by atoms with Crippen LogP contribution in [0.3, 0.4) is 0 Å². The van der Waals surface area contributed by atoms with Crippen molar-refractivity contribution in [2.45, 2.75) is 27.7 Å². The van der Waals surface area contributed by atoms with Gasteiger partial charge in [0.15, 0.2) is 0 Å². The molecule has 0 N–H and O–H groups in total. The smallest absolute Gasteiger partial charge is 0.0558 e. The van der Waals surface area contributed by atoms with E-state index in [4.69, 9.17) is 0 Å². The van der Waals surface area contributed by atoms with Crippen LogP contribution in [0.15, 0.2) is 0 Å². The van der Waals surface area contributed by atoms with E-state index in [1.54, 1.807) is 0 Å². The summed E-state index contributed by atoms with van der Waals surface area (Å²) in [5.41, 5.74) is 1.15.